The zero-order valence-corrected chi connectivity index (χ0v) is 17.2. The van der Waals surface area contributed by atoms with Gasteiger partial charge in [0.05, 0.1) is 17.3 Å². The van der Waals surface area contributed by atoms with Gasteiger partial charge in [0.1, 0.15) is 0 Å². The van der Waals surface area contributed by atoms with E-state index in [-0.39, 0.29) is 11.9 Å². The number of carbonyl (C=O) groups excluding carboxylic acids is 1. The van der Waals surface area contributed by atoms with Crippen molar-refractivity contribution in [1.82, 2.24) is 5.32 Å². The third-order valence-corrected chi connectivity index (χ3v) is 7.22. The highest BCUT2D eigenvalue weighted by molar-refractivity contribution is 7.10. The molecule has 1 aliphatic carbocycles. The molecule has 2 N–H and O–H groups in total. The van der Waals surface area contributed by atoms with Crippen LogP contribution >= 0.6 is 11.3 Å². The van der Waals surface area contributed by atoms with Gasteiger partial charge in [0.2, 0.25) is 0 Å². The van der Waals surface area contributed by atoms with Crippen LogP contribution in [-0.2, 0) is 6.54 Å². The molecular formula is C25H24N2OS. The van der Waals surface area contributed by atoms with Crippen LogP contribution in [0.2, 0.25) is 0 Å². The highest BCUT2D eigenvalue weighted by atomic mass is 32.1. The number of amides is 1. The van der Waals surface area contributed by atoms with E-state index in [1.807, 2.05) is 53.8 Å². The summed E-state index contributed by atoms with van der Waals surface area (Å²) < 4.78 is 0. The van der Waals surface area contributed by atoms with E-state index in [4.69, 9.17) is 0 Å². The van der Waals surface area contributed by atoms with E-state index in [2.05, 4.69) is 47.2 Å². The average Bonchev–Trinajstić information content (AvgIpc) is 3.41. The maximum Gasteiger partial charge on any atom is 0.253 e. The van der Waals surface area contributed by atoms with E-state index in [0.29, 0.717) is 18.4 Å². The SMILES string of the molecule is Cc1ccsc1C1Nc2c(C(=O)NCc3ccccc3)cccc2C2C=CCC21. The van der Waals surface area contributed by atoms with Gasteiger partial charge in [-0.3, -0.25) is 4.79 Å². The fourth-order valence-electron chi connectivity index (χ4n) is 4.65. The van der Waals surface area contributed by atoms with Gasteiger partial charge < -0.3 is 10.6 Å². The summed E-state index contributed by atoms with van der Waals surface area (Å²) >= 11 is 1.81. The molecule has 3 unspecified atom stereocenters. The van der Waals surface area contributed by atoms with E-state index in [1.165, 1.54) is 16.0 Å². The van der Waals surface area contributed by atoms with Crippen molar-refractivity contribution in [2.24, 2.45) is 5.92 Å². The van der Waals surface area contributed by atoms with Crippen LogP contribution in [0, 0.1) is 12.8 Å². The Morgan fingerprint density at radius 3 is 2.79 bits per heavy atom. The third-order valence-electron chi connectivity index (χ3n) is 6.12. The Morgan fingerprint density at radius 2 is 2.00 bits per heavy atom. The van der Waals surface area contributed by atoms with Gasteiger partial charge in [0, 0.05) is 17.3 Å². The number of benzene rings is 2. The summed E-state index contributed by atoms with van der Waals surface area (Å²) in [5, 5.41) is 9.03. The molecule has 0 saturated carbocycles. The molecule has 0 radical (unpaired) electrons. The molecular weight excluding hydrogens is 376 g/mol. The zero-order valence-electron chi connectivity index (χ0n) is 16.4. The normalized spacial score (nSPS) is 21.9. The number of aryl methyl sites for hydroxylation is 1. The van der Waals surface area contributed by atoms with E-state index in [1.54, 1.807) is 0 Å². The highest BCUT2D eigenvalue weighted by Crippen LogP contribution is 2.51. The average molecular weight is 401 g/mol. The Kier molecular flexibility index (Phi) is 4.72. The molecule has 0 spiro atoms. The molecule has 4 heteroatoms. The van der Waals surface area contributed by atoms with Gasteiger partial charge in [-0.2, -0.15) is 0 Å². The minimum atomic E-state index is -0.0275. The van der Waals surface area contributed by atoms with E-state index in [9.17, 15) is 4.79 Å². The molecule has 1 aliphatic heterocycles. The number of nitrogens with one attached hydrogen (secondary N) is 2. The summed E-state index contributed by atoms with van der Waals surface area (Å²) in [6.45, 7) is 2.71. The molecule has 2 aliphatic rings. The second kappa shape index (κ2) is 7.53. The predicted octanol–water partition coefficient (Wildman–Crippen LogP) is 5.81. The lowest BCUT2D eigenvalue weighted by atomic mass is 9.77. The van der Waals surface area contributed by atoms with Crippen LogP contribution in [0.15, 0.2) is 72.1 Å². The molecule has 0 saturated heterocycles. The van der Waals surface area contributed by atoms with Gasteiger partial charge >= 0.3 is 0 Å². The number of hydrogen-bond acceptors (Lipinski definition) is 3. The van der Waals surface area contributed by atoms with Crippen LogP contribution in [0.25, 0.3) is 0 Å². The van der Waals surface area contributed by atoms with Crippen LogP contribution in [0.5, 0.6) is 0 Å². The zero-order chi connectivity index (χ0) is 19.8. The van der Waals surface area contributed by atoms with Crippen molar-refractivity contribution >= 4 is 22.9 Å². The van der Waals surface area contributed by atoms with Gasteiger partial charge in [0.25, 0.3) is 5.91 Å². The molecule has 29 heavy (non-hydrogen) atoms. The minimum Gasteiger partial charge on any atom is -0.376 e. The topological polar surface area (TPSA) is 41.1 Å². The number of rotatable bonds is 4. The number of thiophene rings is 1. The van der Waals surface area contributed by atoms with Gasteiger partial charge in [0.15, 0.2) is 0 Å². The first-order valence-corrected chi connectivity index (χ1v) is 11.0. The Balaban J connectivity index is 1.48. The van der Waals surface area contributed by atoms with Crippen LogP contribution in [-0.4, -0.2) is 5.91 Å². The van der Waals surface area contributed by atoms with Gasteiger partial charge in [-0.05, 0) is 53.5 Å². The number of hydrogen-bond donors (Lipinski definition) is 2. The molecule has 5 rings (SSSR count). The predicted molar refractivity (Wildman–Crippen MR) is 119 cm³/mol. The molecule has 146 valence electrons. The molecule has 2 aromatic carbocycles. The Hall–Kier alpha value is -2.85. The maximum atomic E-state index is 13.1. The van der Waals surface area contributed by atoms with E-state index in [0.717, 1.165) is 23.2 Å². The van der Waals surface area contributed by atoms with Gasteiger partial charge in [-0.25, -0.2) is 0 Å². The number of anilines is 1. The third kappa shape index (κ3) is 3.28. The molecule has 1 aromatic heterocycles. The summed E-state index contributed by atoms with van der Waals surface area (Å²) in [6, 6.07) is 18.6. The standard InChI is InChI=1S/C25H24N2OS/c1-16-13-14-29-24(16)23-20-11-5-9-18(20)19-10-6-12-21(22(19)27-23)25(28)26-15-17-7-3-2-4-8-17/h2-10,12-14,18,20,23,27H,11,15H2,1H3,(H,26,28). The smallest absolute Gasteiger partial charge is 0.253 e. The lowest BCUT2D eigenvalue weighted by Gasteiger charge is -2.38. The number of allylic oxidation sites excluding steroid dienone is 2. The quantitative estimate of drug-likeness (QED) is 0.542. The number of carbonyl (C=O) groups is 1. The molecule has 3 aromatic rings. The highest BCUT2D eigenvalue weighted by Gasteiger charge is 2.40. The van der Waals surface area contributed by atoms with Crippen LogP contribution in [0.3, 0.4) is 0 Å². The van der Waals surface area contributed by atoms with Crippen LogP contribution < -0.4 is 10.6 Å². The van der Waals surface area contributed by atoms with Crippen molar-refractivity contribution in [2.45, 2.75) is 31.8 Å². The summed E-state index contributed by atoms with van der Waals surface area (Å²) in [4.78, 5) is 14.5. The molecule has 3 atom stereocenters. The summed E-state index contributed by atoms with van der Waals surface area (Å²) in [7, 11) is 0. The first-order valence-electron chi connectivity index (χ1n) is 10.1. The summed E-state index contributed by atoms with van der Waals surface area (Å²) in [5.74, 6) is 0.836. The summed E-state index contributed by atoms with van der Waals surface area (Å²) in [5.41, 5.74) is 5.39. The van der Waals surface area contributed by atoms with Gasteiger partial charge in [-0.15, -0.1) is 11.3 Å². The lowest BCUT2D eigenvalue weighted by Crippen LogP contribution is -2.32. The molecule has 0 fully saturated rings. The fourth-order valence-corrected chi connectivity index (χ4v) is 5.70. The Morgan fingerprint density at radius 1 is 1.14 bits per heavy atom. The first kappa shape index (κ1) is 18.2. The lowest BCUT2D eigenvalue weighted by molar-refractivity contribution is 0.0951. The maximum absolute atomic E-state index is 13.1. The van der Waals surface area contributed by atoms with Crippen molar-refractivity contribution in [1.29, 1.82) is 0 Å². The Bertz CT molecular complexity index is 1070. The van der Waals surface area contributed by atoms with Crippen molar-refractivity contribution in [3.63, 3.8) is 0 Å². The second-order valence-electron chi connectivity index (χ2n) is 7.88. The molecule has 1 amide bonds. The fraction of sp³-hybridized carbons (Fsp3) is 0.240. The van der Waals surface area contributed by atoms with Crippen molar-refractivity contribution in [2.75, 3.05) is 5.32 Å². The minimum absolute atomic E-state index is 0.0275. The summed E-state index contributed by atoms with van der Waals surface area (Å²) in [6.07, 6.45) is 5.69. The van der Waals surface area contributed by atoms with E-state index >= 15 is 0 Å². The Labute approximate surface area is 175 Å². The van der Waals surface area contributed by atoms with Crippen molar-refractivity contribution in [3.05, 3.63) is 99.3 Å². The van der Waals surface area contributed by atoms with Gasteiger partial charge in [-0.1, -0.05) is 54.6 Å². The number of fused-ring (bicyclic) bond motifs is 3. The number of para-hydroxylation sites is 1. The van der Waals surface area contributed by atoms with Crippen molar-refractivity contribution < 1.29 is 4.79 Å². The second-order valence-corrected chi connectivity index (χ2v) is 8.83. The van der Waals surface area contributed by atoms with Crippen LogP contribution in [0.1, 0.15) is 50.3 Å². The van der Waals surface area contributed by atoms with Crippen LogP contribution in [0.4, 0.5) is 5.69 Å². The molecule has 0 bridgehead atoms. The molecule has 3 nitrogen and oxygen atoms in total. The van der Waals surface area contributed by atoms with E-state index < -0.39 is 0 Å². The largest absolute Gasteiger partial charge is 0.376 e. The first-order chi connectivity index (χ1) is 14.2. The van der Waals surface area contributed by atoms with Crippen molar-refractivity contribution in [3.8, 4) is 0 Å². The molecule has 2 heterocycles. The monoisotopic (exact) mass is 400 g/mol.